The number of hydrogen-bond acceptors (Lipinski definition) is 3. The van der Waals surface area contributed by atoms with E-state index in [2.05, 4.69) is 16.2 Å². The highest BCUT2D eigenvalue weighted by Crippen LogP contribution is 2.64. The predicted molar refractivity (Wildman–Crippen MR) is 81.3 cm³/mol. The first-order chi connectivity index (χ1) is 9.09. The lowest BCUT2D eigenvalue weighted by molar-refractivity contribution is -0.155. The van der Waals surface area contributed by atoms with Crippen molar-refractivity contribution in [3.8, 4) is 0 Å². The Labute approximate surface area is 123 Å². The highest BCUT2D eigenvalue weighted by molar-refractivity contribution is 7.19. The summed E-state index contributed by atoms with van der Waals surface area (Å²) in [6, 6.07) is -0.391. The molecule has 1 saturated heterocycles. The molecule has 0 aromatic rings. The van der Waals surface area contributed by atoms with Crippen LogP contribution >= 0.6 is 9.24 Å². The predicted octanol–water partition coefficient (Wildman–Crippen LogP) is 2.08. The van der Waals surface area contributed by atoms with Crippen molar-refractivity contribution < 1.29 is 14.3 Å². The summed E-state index contributed by atoms with van der Waals surface area (Å²) in [4.78, 5) is 26.4. The van der Waals surface area contributed by atoms with E-state index >= 15 is 0 Å². The van der Waals surface area contributed by atoms with Crippen LogP contribution in [0, 0.1) is 17.3 Å². The second kappa shape index (κ2) is 4.98. The first kappa shape index (κ1) is 15.8. The van der Waals surface area contributed by atoms with Crippen LogP contribution in [0.25, 0.3) is 0 Å². The zero-order valence-corrected chi connectivity index (χ0v) is 14.3. The van der Waals surface area contributed by atoms with E-state index in [1.807, 2.05) is 20.8 Å². The average molecular weight is 299 g/mol. The minimum absolute atomic E-state index is 0.0622. The Balaban J connectivity index is 2.13. The molecule has 1 heterocycles. The number of hydrogen-bond donors (Lipinski definition) is 0. The van der Waals surface area contributed by atoms with Gasteiger partial charge in [-0.2, -0.15) is 0 Å². The molecule has 5 atom stereocenters. The van der Waals surface area contributed by atoms with E-state index in [9.17, 15) is 9.59 Å². The number of carbonyl (C=O) groups is 2. The molecular formula is C15H26NO3P. The van der Waals surface area contributed by atoms with Gasteiger partial charge in [-0.15, -0.1) is 9.24 Å². The van der Waals surface area contributed by atoms with Crippen molar-refractivity contribution in [1.82, 2.24) is 4.90 Å². The topological polar surface area (TPSA) is 46.6 Å². The summed E-state index contributed by atoms with van der Waals surface area (Å²) in [5.74, 6) is 0.471. The van der Waals surface area contributed by atoms with Crippen molar-refractivity contribution in [2.75, 3.05) is 13.2 Å². The van der Waals surface area contributed by atoms with Gasteiger partial charge in [0.1, 0.15) is 6.04 Å². The molecule has 0 bridgehead atoms. The Morgan fingerprint density at radius 1 is 1.40 bits per heavy atom. The van der Waals surface area contributed by atoms with Crippen molar-refractivity contribution in [2.24, 2.45) is 17.3 Å². The first-order valence-electron chi connectivity index (χ1n) is 7.34. The largest absolute Gasteiger partial charge is 0.464 e. The van der Waals surface area contributed by atoms with E-state index in [1.54, 1.807) is 11.8 Å². The van der Waals surface area contributed by atoms with E-state index in [4.69, 9.17) is 4.74 Å². The summed E-state index contributed by atoms with van der Waals surface area (Å²) in [6.45, 7) is 11.1. The van der Waals surface area contributed by atoms with Gasteiger partial charge in [-0.05, 0) is 23.4 Å². The van der Waals surface area contributed by atoms with Gasteiger partial charge in [0.05, 0.1) is 6.61 Å². The Morgan fingerprint density at radius 3 is 2.50 bits per heavy atom. The number of likely N-dealkylation sites (tertiary alicyclic amines) is 1. The molecule has 2 fully saturated rings. The molecule has 5 heteroatoms. The van der Waals surface area contributed by atoms with Gasteiger partial charge < -0.3 is 9.64 Å². The van der Waals surface area contributed by atoms with Crippen LogP contribution in [0.3, 0.4) is 0 Å². The molecule has 1 amide bonds. The molecule has 1 aliphatic heterocycles. The maximum Gasteiger partial charge on any atom is 0.329 e. The molecule has 0 aromatic carbocycles. The third-order valence-corrected chi connectivity index (χ3v) is 5.25. The molecule has 2 rings (SSSR count). The van der Waals surface area contributed by atoms with E-state index < -0.39 is 6.04 Å². The summed E-state index contributed by atoms with van der Waals surface area (Å²) in [7, 11) is 2.85. The Morgan fingerprint density at radius 2 is 2.00 bits per heavy atom. The van der Waals surface area contributed by atoms with E-state index in [-0.39, 0.29) is 28.4 Å². The average Bonchev–Trinajstić information content (AvgIpc) is 2.69. The fraction of sp³-hybridized carbons (Fsp3) is 0.867. The number of nitrogens with zero attached hydrogens (tertiary/aromatic N) is 1. The smallest absolute Gasteiger partial charge is 0.329 e. The Bertz CT molecular complexity index is 427. The second-order valence-electron chi connectivity index (χ2n) is 7.48. The van der Waals surface area contributed by atoms with E-state index in [0.717, 1.165) is 0 Å². The van der Waals surface area contributed by atoms with Crippen LogP contribution in [-0.2, 0) is 14.3 Å². The zero-order valence-electron chi connectivity index (χ0n) is 13.1. The number of rotatable bonds is 3. The van der Waals surface area contributed by atoms with Gasteiger partial charge in [0.15, 0.2) is 0 Å². The molecule has 1 saturated carbocycles. The Kier molecular flexibility index (Phi) is 3.92. The summed E-state index contributed by atoms with van der Waals surface area (Å²) in [5.41, 5.74) is -0.0622. The lowest BCUT2D eigenvalue weighted by Crippen LogP contribution is -2.47. The van der Waals surface area contributed by atoms with Crippen LogP contribution in [0.5, 0.6) is 0 Å². The van der Waals surface area contributed by atoms with E-state index in [0.29, 0.717) is 25.5 Å². The molecule has 0 aromatic heterocycles. The normalized spacial score (nSPS) is 35.7. The van der Waals surface area contributed by atoms with Crippen molar-refractivity contribution in [3.63, 3.8) is 0 Å². The van der Waals surface area contributed by atoms with Crippen molar-refractivity contribution in [2.45, 2.75) is 52.2 Å². The fourth-order valence-electron chi connectivity index (χ4n) is 3.36. The Hall–Kier alpha value is -0.630. The third kappa shape index (κ3) is 2.72. The van der Waals surface area contributed by atoms with Gasteiger partial charge in [0, 0.05) is 18.9 Å². The first-order valence-corrected chi connectivity index (χ1v) is 7.92. The third-order valence-electron chi connectivity index (χ3n) is 4.44. The summed E-state index contributed by atoms with van der Waals surface area (Å²) < 4.78 is 5.18. The zero-order chi connectivity index (χ0) is 15.3. The molecule has 20 heavy (non-hydrogen) atoms. The van der Waals surface area contributed by atoms with Crippen molar-refractivity contribution in [1.29, 1.82) is 0 Å². The van der Waals surface area contributed by atoms with Gasteiger partial charge in [0.25, 0.3) is 0 Å². The van der Waals surface area contributed by atoms with Crippen LogP contribution in [-0.4, -0.2) is 41.1 Å². The van der Waals surface area contributed by atoms with Gasteiger partial charge in [-0.3, -0.25) is 4.79 Å². The highest BCUT2D eigenvalue weighted by atomic mass is 31.0. The number of fused-ring (bicyclic) bond motifs is 1. The summed E-state index contributed by atoms with van der Waals surface area (Å²) >= 11 is 0. The molecule has 4 nitrogen and oxygen atoms in total. The number of piperidine rings is 1. The van der Waals surface area contributed by atoms with Gasteiger partial charge in [-0.1, -0.05) is 27.7 Å². The van der Waals surface area contributed by atoms with Gasteiger partial charge in [-0.25, -0.2) is 4.79 Å². The standard InChI is InChI=1S/C15H26NO3P/c1-6-19-13(18)12-11-9(15(11,5)20)8-16(12)10(17)7-14(2,3)4/h9,11-12H,6-8,20H2,1-5H3. The second-order valence-corrected chi connectivity index (χ2v) is 8.72. The van der Waals surface area contributed by atoms with Crippen LogP contribution in [0.4, 0.5) is 0 Å². The molecule has 0 N–H and O–H groups in total. The number of amides is 1. The lowest BCUT2D eigenvalue weighted by atomic mass is 9.91. The van der Waals surface area contributed by atoms with Crippen molar-refractivity contribution >= 4 is 21.1 Å². The highest BCUT2D eigenvalue weighted by Gasteiger charge is 2.70. The van der Waals surface area contributed by atoms with Crippen LogP contribution in [0.2, 0.25) is 0 Å². The fourth-order valence-corrected chi connectivity index (χ4v) is 4.00. The SMILES string of the molecule is CCOC(=O)C1C2C(CN1C(=O)CC(C)(C)C)C2(C)P. The minimum Gasteiger partial charge on any atom is -0.464 e. The summed E-state index contributed by atoms with van der Waals surface area (Å²) in [6.07, 6.45) is 0.468. The van der Waals surface area contributed by atoms with Crippen LogP contribution in [0.15, 0.2) is 0 Å². The molecule has 5 unspecified atom stereocenters. The maximum atomic E-state index is 12.5. The number of esters is 1. The van der Waals surface area contributed by atoms with Gasteiger partial charge >= 0.3 is 5.97 Å². The van der Waals surface area contributed by atoms with E-state index in [1.165, 1.54) is 0 Å². The monoisotopic (exact) mass is 299 g/mol. The van der Waals surface area contributed by atoms with Crippen LogP contribution in [0.1, 0.15) is 41.0 Å². The van der Waals surface area contributed by atoms with Crippen LogP contribution < -0.4 is 0 Å². The molecule has 2 aliphatic rings. The number of ether oxygens (including phenoxy) is 1. The quantitative estimate of drug-likeness (QED) is 0.592. The molecule has 0 spiro atoms. The van der Waals surface area contributed by atoms with Gasteiger partial charge in [0.2, 0.25) is 5.91 Å². The minimum atomic E-state index is -0.391. The van der Waals surface area contributed by atoms with Crippen molar-refractivity contribution in [3.05, 3.63) is 0 Å². The lowest BCUT2D eigenvalue weighted by Gasteiger charge is -2.31. The molecule has 1 aliphatic carbocycles. The molecular weight excluding hydrogens is 273 g/mol. The molecule has 114 valence electrons. The number of carbonyl (C=O) groups excluding carboxylic acids is 2. The molecule has 0 radical (unpaired) electrons. The summed E-state index contributed by atoms with van der Waals surface area (Å²) in [5, 5.41) is 0.0793. The maximum absolute atomic E-state index is 12.5.